The molecule has 0 radical (unpaired) electrons. The van der Waals surface area contributed by atoms with E-state index in [0.29, 0.717) is 22.6 Å². The number of aromatic nitrogens is 3. The van der Waals surface area contributed by atoms with E-state index < -0.39 is 5.97 Å². The van der Waals surface area contributed by atoms with E-state index in [0.717, 1.165) is 0 Å². The monoisotopic (exact) mass is 218 g/mol. The fourth-order valence-electron chi connectivity index (χ4n) is 1.28. The van der Waals surface area contributed by atoms with E-state index in [-0.39, 0.29) is 0 Å². The second-order valence-corrected chi connectivity index (χ2v) is 3.12. The van der Waals surface area contributed by atoms with E-state index >= 15 is 0 Å². The van der Waals surface area contributed by atoms with Crippen molar-refractivity contribution in [2.75, 3.05) is 12.8 Å². The molecular formula is C10H10N4O2. The van der Waals surface area contributed by atoms with Gasteiger partial charge in [-0.3, -0.25) is 10.1 Å². The molecule has 0 aromatic carbocycles. The minimum Gasteiger partial charge on any atom is -0.465 e. The quantitative estimate of drug-likeness (QED) is 0.728. The first-order valence-electron chi connectivity index (χ1n) is 4.56. The summed E-state index contributed by atoms with van der Waals surface area (Å²) >= 11 is 0. The van der Waals surface area contributed by atoms with Gasteiger partial charge < -0.3 is 10.5 Å². The first kappa shape index (κ1) is 10.2. The zero-order valence-corrected chi connectivity index (χ0v) is 8.60. The summed E-state index contributed by atoms with van der Waals surface area (Å²) in [7, 11) is 1.32. The highest BCUT2D eigenvalue weighted by atomic mass is 16.5. The van der Waals surface area contributed by atoms with E-state index in [4.69, 9.17) is 5.73 Å². The number of aromatic amines is 1. The summed E-state index contributed by atoms with van der Waals surface area (Å²) in [4.78, 5) is 15.3. The third kappa shape index (κ3) is 1.72. The van der Waals surface area contributed by atoms with Crippen LogP contribution >= 0.6 is 0 Å². The van der Waals surface area contributed by atoms with Crippen molar-refractivity contribution in [1.82, 2.24) is 15.2 Å². The maximum atomic E-state index is 11.2. The number of nitrogens with two attached hydrogens (primary N) is 1. The van der Waals surface area contributed by atoms with E-state index in [1.807, 2.05) is 0 Å². The van der Waals surface area contributed by atoms with Gasteiger partial charge in [-0.15, -0.1) is 0 Å². The number of rotatable bonds is 2. The summed E-state index contributed by atoms with van der Waals surface area (Å²) in [5.41, 5.74) is 7.84. The number of pyridine rings is 1. The lowest BCUT2D eigenvalue weighted by Crippen LogP contribution is -2.01. The molecule has 0 aliphatic heterocycles. The standard InChI is InChI=1S/C10H10N4O2/c1-16-10(15)6-2-3-8(12-4-6)9-7(11)5-13-14-9/h2-5H,11H2,1H3,(H,13,14). The number of nitrogen functional groups attached to an aromatic ring is 1. The van der Waals surface area contributed by atoms with Crippen LogP contribution in [-0.4, -0.2) is 28.3 Å². The van der Waals surface area contributed by atoms with Crippen molar-refractivity contribution in [2.24, 2.45) is 0 Å². The molecule has 2 heterocycles. The Bertz CT molecular complexity index is 504. The third-order valence-corrected chi connectivity index (χ3v) is 2.11. The number of carbonyl (C=O) groups is 1. The van der Waals surface area contributed by atoms with Crippen LogP contribution in [0.2, 0.25) is 0 Å². The smallest absolute Gasteiger partial charge is 0.339 e. The average molecular weight is 218 g/mol. The Morgan fingerprint density at radius 3 is 2.75 bits per heavy atom. The number of hydrogen-bond acceptors (Lipinski definition) is 5. The minimum atomic E-state index is -0.420. The summed E-state index contributed by atoms with van der Waals surface area (Å²) in [6.07, 6.45) is 2.94. The first-order chi connectivity index (χ1) is 7.72. The first-order valence-corrected chi connectivity index (χ1v) is 4.56. The molecule has 6 heteroatoms. The molecule has 0 spiro atoms. The van der Waals surface area contributed by atoms with E-state index in [9.17, 15) is 4.79 Å². The van der Waals surface area contributed by atoms with Crippen LogP contribution in [0, 0.1) is 0 Å². The number of hydrogen-bond donors (Lipinski definition) is 2. The van der Waals surface area contributed by atoms with Crippen LogP contribution in [0.25, 0.3) is 11.4 Å². The zero-order chi connectivity index (χ0) is 11.5. The Morgan fingerprint density at radius 1 is 1.44 bits per heavy atom. The predicted molar refractivity (Wildman–Crippen MR) is 57.6 cm³/mol. The van der Waals surface area contributed by atoms with Crippen molar-refractivity contribution in [3.05, 3.63) is 30.1 Å². The van der Waals surface area contributed by atoms with Crippen molar-refractivity contribution in [1.29, 1.82) is 0 Å². The molecule has 0 amide bonds. The van der Waals surface area contributed by atoms with Crippen molar-refractivity contribution in [3.8, 4) is 11.4 Å². The topological polar surface area (TPSA) is 93.9 Å². The molecule has 2 aromatic rings. The summed E-state index contributed by atoms with van der Waals surface area (Å²) in [5, 5.41) is 6.52. The summed E-state index contributed by atoms with van der Waals surface area (Å²) in [6.45, 7) is 0. The number of esters is 1. The lowest BCUT2D eigenvalue weighted by Gasteiger charge is -2.01. The van der Waals surface area contributed by atoms with Gasteiger partial charge in [-0.05, 0) is 12.1 Å². The van der Waals surface area contributed by atoms with Crippen LogP contribution < -0.4 is 5.73 Å². The maximum absolute atomic E-state index is 11.2. The van der Waals surface area contributed by atoms with Gasteiger partial charge in [-0.25, -0.2) is 4.79 Å². The molecule has 0 saturated carbocycles. The zero-order valence-electron chi connectivity index (χ0n) is 8.60. The molecule has 0 aliphatic carbocycles. The van der Waals surface area contributed by atoms with Gasteiger partial charge in [0.2, 0.25) is 0 Å². The lowest BCUT2D eigenvalue weighted by atomic mass is 10.2. The fourth-order valence-corrected chi connectivity index (χ4v) is 1.28. The van der Waals surface area contributed by atoms with Gasteiger partial charge in [-0.1, -0.05) is 0 Å². The Kier molecular flexibility index (Phi) is 2.55. The van der Waals surface area contributed by atoms with E-state index in [1.54, 1.807) is 12.1 Å². The molecule has 3 N–H and O–H groups in total. The van der Waals surface area contributed by atoms with E-state index in [2.05, 4.69) is 19.9 Å². The summed E-state index contributed by atoms with van der Waals surface area (Å²) < 4.78 is 4.57. The molecule has 2 rings (SSSR count). The molecular weight excluding hydrogens is 208 g/mol. The van der Waals surface area contributed by atoms with Gasteiger partial charge >= 0.3 is 5.97 Å². The van der Waals surface area contributed by atoms with Crippen molar-refractivity contribution in [2.45, 2.75) is 0 Å². The highest BCUT2D eigenvalue weighted by molar-refractivity contribution is 5.89. The van der Waals surface area contributed by atoms with Gasteiger partial charge in [0.1, 0.15) is 5.69 Å². The number of nitrogens with zero attached hydrogens (tertiary/aromatic N) is 2. The van der Waals surface area contributed by atoms with E-state index in [1.165, 1.54) is 19.5 Å². The van der Waals surface area contributed by atoms with Gasteiger partial charge in [0.05, 0.1) is 30.3 Å². The second-order valence-electron chi connectivity index (χ2n) is 3.12. The minimum absolute atomic E-state index is 0.393. The maximum Gasteiger partial charge on any atom is 0.339 e. The molecule has 0 unspecified atom stereocenters. The summed E-state index contributed by atoms with van der Waals surface area (Å²) in [6, 6.07) is 3.30. The highest BCUT2D eigenvalue weighted by Gasteiger charge is 2.09. The molecule has 0 aliphatic rings. The Labute approximate surface area is 91.5 Å². The van der Waals surface area contributed by atoms with Crippen LogP contribution in [0.3, 0.4) is 0 Å². The SMILES string of the molecule is COC(=O)c1ccc(-c2[nH]ncc2N)nc1. The van der Waals surface area contributed by atoms with Crippen molar-refractivity contribution >= 4 is 11.7 Å². The van der Waals surface area contributed by atoms with Crippen LogP contribution in [0.4, 0.5) is 5.69 Å². The number of methoxy groups -OCH3 is 1. The van der Waals surface area contributed by atoms with Gasteiger partial charge in [0.25, 0.3) is 0 Å². The number of carbonyl (C=O) groups excluding carboxylic acids is 1. The molecule has 6 nitrogen and oxygen atoms in total. The van der Waals surface area contributed by atoms with Crippen LogP contribution in [0.15, 0.2) is 24.5 Å². The van der Waals surface area contributed by atoms with Gasteiger partial charge in [0.15, 0.2) is 0 Å². The highest BCUT2D eigenvalue weighted by Crippen LogP contribution is 2.20. The molecule has 0 saturated heterocycles. The molecule has 82 valence electrons. The molecule has 2 aromatic heterocycles. The van der Waals surface area contributed by atoms with Crippen LogP contribution in [0.5, 0.6) is 0 Å². The molecule has 16 heavy (non-hydrogen) atoms. The number of ether oxygens (including phenoxy) is 1. The fraction of sp³-hybridized carbons (Fsp3) is 0.100. The van der Waals surface area contributed by atoms with Crippen molar-refractivity contribution < 1.29 is 9.53 Å². The normalized spacial score (nSPS) is 10.1. The Hall–Kier alpha value is -2.37. The van der Waals surface area contributed by atoms with Gasteiger partial charge in [0, 0.05) is 6.20 Å². The van der Waals surface area contributed by atoms with Crippen LogP contribution in [0.1, 0.15) is 10.4 Å². The molecule has 0 fully saturated rings. The largest absolute Gasteiger partial charge is 0.465 e. The second kappa shape index (κ2) is 4.01. The predicted octanol–water partition coefficient (Wildman–Crippen LogP) is 0.840. The number of anilines is 1. The molecule has 0 bridgehead atoms. The third-order valence-electron chi connectivity index (χ3n) is 2.11. The Balaban J connectivity index is 2.33. The Morgan fingerprint density at radius 2 is 2.25 bits per heavy atom. The average Bonchev–Trinajstić information content (AvgIpc) is 2.75. The van der Waals surface area contributed by atoms with Gasteiger partial charge in [-0.2, -0.15) is 5.10 Å². The lowest BCUT2D eigenvalue weighted by molar-refractivity contribution is 0.0600. The molecule has 0 atom stereocenters. The van der Waals surface area contributed by atoms with Crippen molar-refractivity contribution in [3.63, 3.8) is 0 Å². The van der Waals surface area contributed by atoms with Crippen LogP contribution in [-0.2, 0) is 4.74 Å². The summed E-state index contributed by atoms with van der Waals surface area (Å²) in [5.74, 6) is -0.420. The number of nitrogens with one attached hydrogen (secondary N) is 1. The number of H-pyrrole nitrogens is 1.